The average molecular weight is 453 g/mol. The van der Waals surface area contributed by atoms with Gasteiger partial charge in [0.1, 0.15) is 19.0 Å². The second kappa shape index (κ2) is 9.11. The number of benzene rings is 2. The highest BCUT2D eigenvalue weighted by molar-refractivity contribution is 5.89. The number of hydrogen-bond acceptors (Lipinski definition) is 5. The van der Waals surface area contributed by atoms with Crippen LogP contribution in [0.15, 0.2) is 47.3 Å². The van der Waals surface area contributed by atoms with Gasteiger partial charge in [-0.1, -0.05) is 0 Å². The van der Waals surface area contributed by atoms with E-state index in [1.807, 2.05) is 6.07 Å². The zero-order valence-corrected chi connectivity index (χ0v) is 17.9. The number of nitrogens with one attached hydrogen (secondary N) is 2. The number of anilines is 1. The lowest BCUT2D eigenvalue weighted by Gasteiger charge is -2.26. The number of urea groups is 1. The lowest BCUT2D eigenvalue weighted by atomic mass is 10.1. The van der Waals surface area contributed by atoms with Crippen molar-refractivity contribution in [2.45, 2.75) is 25.5 Å². The molecule has 0 aliphatic carbocycles. The van der Waals surface area contributed by atoms with E-state index in [-0.39, 0.29) is 24.0 Å². The molecule has 33 heavy (non-hydrogen) atoms. The summed E-state index contributed by atoms with van der Waals surface area (Å²) >= 11 is 0. The highest BCUT2D eigenvalue weighted by Gasteiger charge is 2.24. The minimum atomic E-state index is -0.390. The van der Waals surface area contributed by atoms with Crippen LogP contribution in [0.5, 0.6) is 11.5 Å². The lowest BCUT2D eigenvalue weighted by Crippen LogP contribution is -2.40. The quantitative estimate of drug-likeness (QED) is 0.615. The summed E-state index contributed by atoms with van der Waals surface area (Å²) in [5.41, 5.74) is 1.25. The van der Waals surface area contributed by atoms with Crippen LogP contribution >= 0.6 is 0 Å². The van der Waals surface area contributed by atoms with Crippen LogP contribution in [0.3, 0.4) is 0 Å². The molecule has 172 valence electrons. The Bertz CT molecular complexity index is 1220. The van der Waals surface area contributed by atoms with E-state index in [0.717, 1.165) is 18.2 Å². The third-order valence-electron chi connectivity index (χ3n) is 5.78. The number of rotatable bonds is 5. The molecule has 0 saturated carbocycles. The van der Waals surface area contributed by atoms with Crippen LogP contribution in [0.4, 0.5) is 14.9 Å². The molecule has 1 unspecified atom stereocenters. The second-order valence-electron chi connectivity index (χ2n) is 8.16. The largest absolute Gasteiger partial charge is 0.486 e. The van der Waals surface area contributed by atoms with Crippen molar-refractivity contribution < 1.29 is 23.4 Å². The first-order valence-electron chi connectivity index (χ1n) is 10.9. The number of aromatic amines is 1. The molecule has 5 rings (SSSR count). The number of carbonyl (C=O) groups is 1. The third-order valence-corrected chi connectivity index (χ3v) is 5.78. The normalized spacial score (nSPS) is 17.2. The molecule has 1 fully saturated rings. The second-order valence-corrected chi connectivity index (χ2v) is 8.16. The Labute approximate surface area is 189 Å². The Balaban J connectivity index is 1.42. The number of hydrogen-bond donors (Lipinski definition) is 2. The maximum Gasteiger partial charge on any atom is 0.322 e. The molecular weight excluding hydrogens is 429 g/mol. The van der Waals surface area contributed by atoms with Gasteiger partial charge >= 0.3 is 6.03 Å². The van der Waals surface area contributed by atoms with Gasteiger partial charge in [0.05, 0.1) is 18.2 Å². The molecule has 3 heterocycles. The minimum absolute atomic E-state index is 0.0899. The molecule has 1 atom stereocenters. The first-order valence-corrected chi connectivity index (χ1v) is 10.9. The minimum Gasteiger partial charge on any atom is -0.486 e. The van der Waals surface area contributed by atoms with Crippen molar-refractivity contribution in [3.63, 3.8) is 0 Å². The van der Waals surface area contributed by atoms with E-state index in [9.17, 15) is 14.0 Å². The fourth-order valence-electron chi connectivity index (χ4n) is 4.10. The van der Waals surface area contributed by atoms with Gasteiger partial charge < -0.3 is 29.4 Å². The summed E-state index contributed by atoms with van der Waals surface area (Å²) in [4.78, 5) is 30.3. The number of pyridine rings is 1. The van der Waals surface area contributed by atoms with Crippen molar-refractivity contribution in [2.75, 3.05) is 31.7 Å². The molecule has 9 heteroatoms. The molecule has 2 aliphatic heterocycles. The van der Waals surface area contributed by atoms with E-state index in [2.05, 4.69) is 10.3 Å². The number of carbonyl (C=O) groups excluding carboxylic acids is 1. The Morgan fingerprint density at radius 3 is 2.58 bits per heavy atom. The summed E-state index contributed by atoms with van der Waals surface area (Å²) < 4.78 is 30.2. The highest BCUT2D eigenvalue weighted by atomic mass is 19.1. The summed E-state index contributed by atoms with van der Waals surface area (Å²) in [6.45, 7) is 2.01. The van der Waals surface area contributed by atoms with Crippen molar-refractivity contribution in [2.24, 2.45) is 0 Å². The lowest BCUT2D eigenvalue weighted by molar-refractivity contribution is 0.0818. The molecule has 3 aromatic rings. The van der Waals surface area contributed by atoms with Crippen molar-refractivity contribution in [1.29, 1.82) is 0 Å². The monoisotopic (exact) mass is 453 g/mol. The number of ether oxygens (including phenoxy) is 3. The number of nitrogens with zero attached hydrogens (tertiary/aromatic N) is 1. The van der Waals surface area contributed by atoms with Gasteiger partial charge in [-0.05, 0) is 49.2 Å². The molecule has 0 spiro atoms. The van der Waals surface area contributed by atoms with Crippen molar-refractivity contribution in [1.82, 2.24) is 9.88 Å². The van der Waals surface area contributed by atoms with Crippen LogP contribution < -0.4 is 20.3 Å². The SMILES string of the molecule is O=C(Nc1ccc(F)cc1)N(Cc1cc2cc3c(cc2[nH]c1=O)OCCO3)CC1CCCO1. The van der Waals surface area contributed by atoms with Gasteiger partial charge in [0, 0.05) is 35.9 Å². The molecule has 0 bridgehead atoms. The molecule has 0 radical (unpaired) electrons. The predicted octanol–water partition coefficient (Wildman–Crippen LogP) is 3.65. The zero-order chi connectivity index (χ0) is 22.8. The average Bonchev–Trinajstić information content (AvgIpc) is 3.32. The molecule has 1 aromatic heterocycles. The van der Waals surface area contributed by atoms with Gasteiger partial charge in [-0.3, -0.25) is 4.79 Å². The summed E-state index contributed by atoms with van der Waals surface area (Å²) in [6.07, 6.45) is 1.68. The summed E-state index contributed by atoms with van der Waals surface area (Å²) in [7, 11) is 0. The van der Waals surface area contributed by atoms with E-state index in [1.165, 1.54) is 24.3 Å². The fraction of sp³-hybridized carbons (Fsp3) is 0.333. The maximum absolute atomic E-state index is 13.2. The van der Waals surface area contributed by atoms with Crippen molar-refractivity contribution in [3.05, 3.63) is 64.2 Å². The maximum atomic E-state index is 13.2. The van der Waals surface area contributed by atoms with E-state index in [0.29, 0.717) is 54.6 Å². The van der Waals surface area contributed by atoms with Crippen LogP contribution in [-0.4, -0.2) is 48.4 Å². The smallest absolute Gasteiger partial charge is 0.322 e. The standard InChI is InChI=1S/C24H24FN3O5/c25-17-3-5-18(6-4-17)26-24(30)28(14-19-2-1-7-31-19)13-16-10-15-11-21-22(33-9-8-32-21)12-20(15)27-23(16)29/h3-6,10-12,19H,1-2,7-9,13-14H2,(H,26,30)(H,27,29). The van der Waals surface area contributed by atoms with Crippen LogP contribution in [0.2, 0.25) is 0 Å². The van der Waals surface area contributed by atoms with E-state index in [1.54, 1.807) is 17.0 Å². The molecule has 8 nitrogen and oxygen atoms in total. The molecular formula is C24H24FN3O5. The topological polar surface area (TPSA) is 92.9 Å². The van der Waals surface area contributed by atoms with Gasteiger partial charge in [-0.2, -0.15) is 0 Å². The Hall–Kier alpha value is -3.59. The van der Waals surface area contributed by atoms with Gasteiger partial charge in [0.15, 0.2) is 11.5 Å². The van der Waals surface area contributed by atoms with Gasteiger partial charge in [-0.25, -0.2) is 9.18 Å². The van der Waals surface area contributed by atoms with Crippen LogP contribution in [0, 0.1) is 5.82 Å². The summed E-state index contributed by atoms with van der Waals surface area (Å²) in [5.74, 6) is 0.830. The van der Waals surface area contributed by atoms with Crippen molar-refractivity contribution in [3.8, 4) is 11.5 Å². The number of H-pyrrole nitrogens is 1. The van der Waals surface area contributed by atoms with E-state index >= 15 is 0 Å². The summed E-state index contributed by atoms with van der Waals surface area (Å²) in [6, 6.07) is 10.5. The third kappa shape index (κ3) is 4.78. The zero-order valence-electron chi connectivity index (χ0n) is 17.9. The predicted molar refractivity (Wildman–Crippen MR) is 120 cm³/mol. The molecule has 2 N–H and O–H groups in total. The van der Waals surface area contributed by atoms with Crippen LogP contribution in [0.25, 0.3) is 10.9 Å². The molecule has 1 saturated heterocycles. The Morgan fingerprint density at radius 2 is 1.85 bits per heavy atom. The molecule has 2 aliphatic rings. The van der Waals surface area contributed by atoms with E-state index < -0.39 is 6.03 Å². The van der Waals surface area contributed by atoms with Gasteiger partial charge in [0.25, 0.3) is 5.56 Å². The molecule has 2 amide bonds. The first kappa shape index (κ1) is 21.3. The Kier molecular flexibility index (Phi) is 5.87. The molecule has 2 aromatic carbocycles. The van der Waals surface area contributed by atoms with Crippen LogP contribution in [0.1, 0.15) is 18.4 Å². The number of amides is 2. The summed E-state index contributed by atoms with van der Waals surface area (Å²) in [5, 5.41) is 3.56. The highest BCUT2D eigenvalue weighted by Crippen LogP contribution is 2.33. The first-order chi connectivity index (χ1) is 16.0. The van der Waals surface area contributed by atoms with Gasteiger partial charge in [-0.15, -0.1) is 0 Å². The van der Waals surface area contributed by atoms with Crippen molar-refractivity contribution >= 4 is 22.6 Å². The Morgan fingerprint density at radius 1 is 1.09 bits per heavy atom. The van der Waals surface area contributed by atoms with Crippen LogP contribution in [-0.2, 0) is 11.3 Å². The number of aromatic nitrogens is 1. The van der Waals surface area contributed by atoms with Gasteiger partial charge in [0.2, 0.25) is 0 Å². The number of fused-ring (bicyclic) bond motifs is 2. The number of halogens is 1. The fourth-order valence-corrected chi connectivity index (χ4v) is 4.10. The van der Waals surface area contributed by atoms with E-state index in [4.69, 9.17) is 14.2 Å².